The normalized spacial score (nSPS) is 14.0. The van der Waals surface area contributed by atoms with Crippen LogP contribution in [0.2, 0.25) is 0 Å². The molecule has 422 valence electrons. The SMILES string of the molecule is CCCCCCCCCC/C=C/CC/C=C/C(O)C(COP(=O)(O)OCC[N+](C)(C)C)NC(=O)CCCCCCCCCCCCCCCCCCCCCCCCCCCCCCCCCCCCC. The number of aliphatic hydroxyl groups is 1. The molecular formula is C62H124N2O6P+. The molecule has 0 spiro atoms. The number of phosphoric ester groups is 1. The Bertz CT molecular complexity index is 1210. The lowest BCUT2D eigenvalue weighted by Gasteiger charge is -2.25. The fourth-order valence-electron chi connectivity index (χ4n) is 9.53. The predicted molar refractivity (Wildman–Crippen MR) is 309 cm³/mol. The van der Waals surface area contributed by atoms with Crippen LogP contribution in [-0.2, 0) is 18.4 Å². The molecule has 0 saturated heterocycles. The first kappa shape index (κ1) is 70.0. The van der Waals surface area contributed by atoms with Gasteiger partial charge in [0.25, 0.3) is 0 Å². The highest BCUT2D eigenvalue weighted by Crippen LogP contribution is 2.43. The van der Waals surface area contributed by atoms with Crippen LogP contribution in [0.15, 0.2) is 24.3 Å². The van der Waals surface area contributed by atoms with Crippen LogP contribution < -0.4 is 5.32 Å². The Hall–Kier alpha value is -1.02. The van der Waals surface area contributed by atoms with Gasteiger partial charge in [0.15, 0.2) is 0 Å². The summed E-state index contributed by atoms with van der Waals surface area (Å²) in [6.45, 7) is 4.83. The number of unbranched alkanes of at least 4 members (excludes halogenated alkanes) is 43. The summed E-state index contributed by atoms with van der Waals surface area (Å²) < 4.78 is 23.7. The van der Waals surface area contributed by atoms with Crippen molar-refractivity contribution in [2.75, 3.05) is 40.9 Å². The van der Waals surface area contributed by atoms with E-state index in [4.69, 9.17) is 9.05 Å². The largest absolute Gasteiger partial charge is 0.472 e. The molecule has 0 aromatic rings. The molecule has 0 aromatic carbocycles. The number of hydrogen-bond acceptors (Lipinski definition) is 5. The first-order valence-electron chi connectivity index (χ1n) is 31.2. The van der Waals surface area contributed by atoms with Crippen LogP contribution in [0.1, 0.15) is 316 Å². The lowest BCUT2D eigenvalue weighted by molar-refractivity contribution is -0.870. The third-order valence-electron chi connectivity index (χ3n) is 14.4. The number of phosphoric acid groups is 1. The summed E-state index contributed by atoms with van der Waals surface area (Å²) >= 11 is 0. The molecule has 0 aromatic heterocycles. The molecule has 0 fully saturated rings. The Kier molecular flexibility index (Phi) is 53.0. The van der Waals surface area contributed by atoms with Gasteiger partial charge in [0.1, 0.15) is 13.2 Å². The molecule has 8 nitrogen and oxygen atoms in total. The average Bonchev–Trinajstić information content (AvgIpc) is 3.33. The quantitative estimate of drug-likeness (QED) is 0.0243. The van der Waals surface area contributed by atoms with Crippen molar-refractivity contribution in [2.45, 2.75) is 328 Å². The van der Waals surface area contributed by atoms with Crippen LogP contribution in [0.5, 0.6) is 0 Å². The molecule has 0 radical (unpaired) electrons. The van der Waals surface area contributed by atoms with Gasteiger partial charge in [0.05, 0.1) is 39.9 Å². The Balaban J connectivity index is 3.94. The molecule has 71 heavy (non-hydrogen) atoms. The first-order chi connectivity index (χ1) is 34.5. The van der Waals surface area contributed by atoms with E-state index in [1.54, 1.807) is 6.08 Å². The molecule has 0 aliphatic rings. The molecule has 3 atom stereocenters. The van der Waals surface area contributed by atoms with Gasteiger partial charge in [-0.15, -0.1) is 0 Å². The molecule has 1 amide bonds. The summed E-state index contributed by atoms with van der Waals surface area (Å²) in [7, 11) is 1.57. The van der Waals surface area contributed by atoms with E-state index >= 15 is 0 Å². The minimum Gasteiger partial charge on any atom is -0.387 e. The summed E-state index contributed by atoms with van der Waals surface area (Å²) in [5, 5.41) is 13.9. The number of aliphatic hydroxyl groups excluding tert-OH is 1. The van der Waals surface area contributed by atoms with Crippen molar-refractivity contribution in [2.24, 2.45) is 0 Å². The molecule has 0 bridgehead atoms. The van der Waals surface area contributed by atoms with Crippen molar-refractivity contribution in [3.8, 4) is 0 Å². The minimum atomic E-state index is -4.35. The van der Waals surface area contributed by atoms with Gasteiger partial charge in [-0.25, -0.2) is 4.57 Å². The molecule has 0 aliphatic heterocycles. The number of amides is 1. The van der Waals surface area contributed by atoms with E-state index in [2.05, 4.69) is 31.3 Å². The van der Waals surface area contributed by atoms with Crippen molar-refractivity contribution in [1.82, 2.24) is 5.32 Å². The van der Waals surface area contributed by atoms with E-state index in [9.17, 15) is 19.4 Å². The predicted octanol–water partition coefficient (Wildman–Crippen LogP) is 19.2. The van der Waals surface area contributed by atoms with Crippen LogP contribution >= 0.6 is 7.82 Å². The number of likely N-dealkylation sites (N-methyl/N-ethyl adjacent to an activating group) is 1. The summed E-state index contributed by atoms with van der Waals surface area (Å²) in [6.07, 6.45) is 69.0. The van der Waals surface area contributed by atoms with E-state index in [1.807, 2.05) is 27.2 Å². The third kappa shape index (κ3) is 56.5. The molecular weight excluding hydrogens is 900 g/mol. The van der Waals surface area contributed by atoms with E-state index in [0.29, 0.717) is 17.4 Å². The fraction of sp³-hybridized carbons (Fsp3) is 0.919. The fourth-order valence-corrected chi connectivity index (χ4v) is 10.3. The molecule has 9 heteroatoms. The van der Waals surface area contributed by atoms with Crippen LogP contribution in [-0.4, -0.2) is 73.4 Å². The Morgan fingerprint density at radius 3 is 1.13 bits per heavy atom. The second kappa shape index (κ2) is 53.8. The molecule has 3 N–H and O–H groups in total. The van der Waals surface area contributed by atoms with Crippen LogP contribution in [0, 0.1) is 0 Å². The third-order valence-corrected chi connectivity index (χ3v) is 15.4. The van der Waals surface area contributed by atoms with Gasteiger partial charge in [-0.3, -0.25) is 13.8 Å². The Morgan fingerprint density at radius 2 is 0.775 bits per heavy atom. The zero-order valence-corrected chi connectivity index (χ0v) is 49.1. The summed E-state index contributed by atoms with van der Waals surface area (Å²) in [5.41, 5.74) is 0. The number of carbonyl (C=O) groups excluding carboxylic acids is 1. The summed E-state index contributed by atoms with van der Waals surface area (Å²) in [6, 6.07) is -0.859. The summed E-state index contributed by atoms with van der Waals surface area (Å²) in [5.74, 6) is -0.181. The smallest absolute Gasteiger partial charge is 0.387 e. The van der Waals surface area contributed by atoms with Gasteiger partial charge in [-0.1, -0.05) is 301 Å². The highest BCUT2D eigenvalue weighted by atomic mass is 31.2. The average molecular weight is 1020 g/mol. The molecule has 0 aliphatic carbocycles. The number of nitrogens with one attached hydrogen (secondary N) is 1. The monoisotopic (exact) mass is 1020 g/mol. The first-order valence-corrected chi connectivity index (χ1v) is 32.7. The molecule has 3 unspecified atom stereocenters. The van der Waals surface area contributed by atoms with Crippen molar-refractivity contribution >= 4 is 13.7 Å². The molecule has 0 saturated carbocycles. The zero-order valence-electron chi connectivity index (χ0n) is 48.2. The Morgan fingerprint density at radius 1 is 0.465 bits per heavy atom. The second-order valence-electron chi connectivity index (χ2n) is 22.8. The van der Waals surface area contributed by atoms with Gasteiger partial charge in [-0.05, 0) is 32.1 Å². The van der Waals surface area contributed by atoms with Gasteiger partial charge >= 0.3 is 7.82 Å². The highest BCUT2D eigenvalue weighted by molar-refractivity contribution is 7.47. The van der Waals surface area contributed by atoms with E-state index in [-0.39, 0.29) is 19.1 Å². The van der Waals surface area contributed by atoms with Gasteiger partial charge < -0.3 is 19.8 Å². The van der Waals surface area contributed by atoms with Gasteiger partial charge in [-0.2, -0.15) is 0 Å². The number of carbonyl (C=O) groups is 1. The van der Waals surface area contributed by atoms with Crippen molar-refractivity contribution < 1.29 is 32.9 Å². The number of allylic oxidation sites excluding steroid dienone is 3. The van der Waals surface area contributed by atoms with Crippen LogP contribution in [0.3, 0.4) is 0 Å². The summed E-state index contributed by atoms with van der Waals surface area (Å²) in [4.78, 5) is 23.3. The van der Waals surface area contributed by atoms with E-state index in [1.165, 1.54) is 257 Å². The Labute approximate surface area is 443 Å². The van der Waals surface area contributed by atoms with E-state index < -0.39 is 20.0 Å². The second-order valence-corrected chi connectivity index (χ2v) is 24.2. The van der Waals surface area contributed by atoms with Gasteiger partial charge in [0, 0.05) is 6.42 Å². The lowest BCUT2D eigenvalue weighted by Crippen LogP contribution is -2.45. The minimum absolute atomic E-state index is 0.0586. The van der Waals surface area contributed by atoms with Gasteiger partial charge in [0.2, 0.25) is 5.91 Å². The number of hydrogen-bond donors (Lipinski definition) is 3. The maximum absolute atomic E-state index is 13.0. The lowest BCUT2D eigenvalue weighted by atomic mass is 10.0. The van der Waals surface area contributed by atoms with Crippen LogP contribution in [0.25, 0.3) is 0 Å². The van der Waals surface area contributed by atoms with E-state index in [0.717, 1.165) is 38.5 Å². The standard InChI is InChI=1S/C62H123N2O6P/c1-6-8-10-12-14-16-18-20-22-23-24-25-26-27-28-29-30-31-32-33-34-35-36-37-38-39-40-41-42-44-46-48-50-52-54-56-62(66)63-60(59-70-71(67,68)69-58-57-64(3,4)5)61(65)55-53-51-49-47-45-43-21-19-17-15-13-11-9-7-2/h45,47,53,55,60-61,65H,6-44,46,48-52,54,56-59H2,1-5H3,(H-,63,66,67,68)/p+1/b47-45+,55-53+. The number of rotatable bonds is 58. The topological polar surface area (TPSA) is 105 Å². The maximum Gasteiger partial charge on any atom is 0.472 e. The van der Waals surface area contributed by atoms with Crippen LogP contribution in [0.4, 0.5) is 0 Å². The van der Waals surface area contributed by atoms with Crippen molar-refractivity contribution in [1.29, 1.82) is 0 Å². The number of nitrogens with zero attached hydrogens (tertiary/aromatic N) is 1. The highest BCUT2D eigenvalue weighted by Gasteiger charge is 2.27. The molecule has 0 heterocycles. The molecule has 0 rings (SSSR count). The van der Waals surface area contributed by atoms with Crippen molar-refractivity contribution in [3.05, 3.63) is 24.3 Å². The van der Waals surface area contributed by atoms with Crippen molar-refractivity contribution in [3.63, 3.8) is 0 Å². The zero-order chi connectivity index (χ0) is 52.0. The maximum atomic E-state index is 13.0. The number of quaternary nitrogens is 1.